The maximum absolute atomic E-state index is 12.7. The third-order valence-electron chi connectivity index (χ3n) is 4.52. The van der Waals surface area contributed by atoms with Gasteiger partial charge in [0.05, 0.1) is 4.88 Å². The smallest absolute Gasteiger partial charge is 0.264 e. The van der Waals surface area contributed by atoms with Crippen molar-refractivity contribution in [2.75, 3.05) is 13.1 Å². The van der Waals surface area contributed by atoms with Gasteiger partial charge in [-0.15, -0.1) is 23.7 Å². The molecule has 1 aliphatic rings. The van der Waals surface area contributed by atoms with E-state index in [1.165, 1.54) is 11.3 Å². The second-order valence-electron chi connectivity index (χ2n) is 6.25. The van der Waals surface area contributed by atoms with Gasteiger partial charge in [0.2, 0.25) is 5.91 Å². The molecule has 2 aromatic rings. The molecule has 0 saturated carbocycles. The maximum atomic E-state index is 12.7. The van der Waals surface area contributed by atoms with Crippen LogP contribution in [-0.4, -0.2) is 35.8 Å². The highest BCUT2D eigenvalue weighted by Crippen LogP contribution is 2.22. The second kappa shape index (κ2) is 9.71. The molecule has 26 heavy (non-hydrogen) atoms. The SMILES string of the molecule is Cl.NC(CNC(=O)C1CCCCN1C(=O)c1cccs1)c1ccccc1. The molecule has 1 aromatic heterocycles. The van der Waals surface area contributed by atoms with Crippen LogP contribution in [0, 0.1) is 0 Å². The lowest BCUT2D eigenvalue weighted by molar-refractivity contribution is -0.126. The molecule has 1 fully saturated rings. The first kappa shape index (κ1) is 20.4. The van der Waals surface area contributed by atoms with Crippen LogP contribution in [0.5, 0.6) is 0 Å². The highest BCUT2D eigenvalue weighted by molar-refractivity contribution is 7.12. The van der Waals surface area contributed by atoms with Crippen molar-refractivity contribution in [1.29, 1.82) is 0 Å². The minimum Gasteiger partial charge on any atom is -0.352 e. The maximum Gasteiger partial charge on any atom is 0.264 e. The molecular formula is C19H24ClN3O2S. The Kier molecular flexibility index (Phi) is 7.63. The minimum absolute atomic E-state index is 0. The second-order valence-corrected chi connectivity index (χ2v) is 7.20. The third kappa shape index (κ3) is 4.84. The molecule has 0 spiro atoms. The van der Waals surface area contributed by atoms with Crippen molar-refractivity contribution in [2.45, 2.75) is 31.3 Å². The Labute approximate surface area is 164 Å². The fourth-order valence-corrected chi connectivity index (χ4v) is 3.81. The number of hydrogen-bond donors (Lipinski definition) is 2. The van der Waals surface area contributed by atoms with E-state index in [1.807, 2.05) is 47.8 Å². The predicted molar refractivity (Wildman–Crippen MR) is 107 cm³/mol. The Morgan fingerprint density at radius 3 is 2.65 bits per heavy atom. The zero-order chi connectivity index (χ0) is 17.6. The number of amides is 2. The van der Waals surface area contributed by atoms with Crippen LogP contribution in [0.15, 0.2) is 47.8 Å². The lowest BCUT2D eigenvalue weighted by atomic mass is 10.0. The normalized spacial score (nSPS) is 17.9. The first-order valence-corrected chi connectivity index (χ1v) is 9.47. The third-order valence-corrected chi connectivity index (χ3v) is 5.38. The molecular weight excluding hydrogens is 370 g/mol. The summed E-state index contributed by atoms with van der Waals surface area (Å²) in [5.74, 6) is -0.168. The number of halogens is 1. The van der Waals surface area contributed by atoms with Crippen molar-refractivity contribution in [3.05, 3.63) is 58.3 Å². The topological polar surface area (TPSA) is 75.4 Å². The van der Waals surface area contributed by atoms with Crippen LogP contribution in [0.25, 0.3) is 0 Å². The van der Waals surface area contributed by atoms with E-state index in [2.05, 4.69) is 5.32 Å². The van der Waals surface area contributed by atoms with E-state index < -0.39 is 6.04 Å². The van der Waals surface area contributed by atoms with Crippen molar-refractivity contribution in [3.63, 3.8) is 0 Å². The van der Waals surface area contributed by atoms with Crippen molar-refractivity contribution >= 4 is 35.6 Å². The average molecular weight is 394 g/mol. The summed E-state index contributed by atoms with van der Waals surface area (Å²) >= 11 is 1.41. The Morgan fingerprint density at radius 1 is 1.19 bits per heavy atom. The van der Waals surface area contributed by atoms with Crippen molar-refractivity contribution in [3.8, 4) is 0 Å². The van der Waals surface area contributed by atoms with Gasteiger partial charge in [-0.3, -0.25) is 9.59 Å². The van der Waals surface area contributed by atoms with Gasteiger partial charge >= 0.3 is 0 Å². The van der Waals surface area contributed by atoms with Crippen molar-refractivity contribution in [2.24, 2.45) is 5.73 Å². The van der Waals surface area contributed by atoms with Gasteiger partial charge in [-0.05, 0) is 36.3 Å². The van der Waals surface area contributed by atoms with Gasteiger partial charge in [0.1, 0.15) is 6.04 Å². The molecule has 1 aliphatic heterocycles. The largest absolute Gasteiger partial charge is 0.352 e. The van der Waals surface area contributed by atoms with Crippen molar-refractivity contribution < 1.29 is 9.59 Å². The number of carbonyl (C=O) groups is 2. The summed E-state index contributed by atoms with van der Waals surface area (Å²) in [6.45, 7) is 0.986. The summed E-state index contributed by atoms with van der Waals surface area (Å²) in [6, 6.07) is 12.7. The molecule has 140 valence electrons. The average Bonchev–Trinajstić information content (AvgIpc) is 3.20. The zero-order valence-electron chi connectivity index (χ0n) is 14.5. The van der Waals surface area contributed by atoms with E-state index in [9.17, 15) is 9.59 Å². The van der Waals surface area contributed by atoms with Crippen LogP contribution >= 0.6 is 23.7 Å². The van der Waals surface area contributed by atoms with Gasteiger partial charge in [-0.1, -0.05) is 36.4 Å². The number of benzene rings is 1. The number of nitrogens with zero attached hydrogens (tertiary/aromatic N) is 1. The van der Waals surface area contributed by atoms with Crippen LogP contribution in [0.3, 0.4) is 0 Å². The van der Waals surface area contributed by atoms with E-state index in [0.717, 1.165) is 18.4 Å². The monoisotopic (exact) mass is 393 g/mol. The van der Waals surface area contributed by atoms with Gasteiger partial charge in [0.25, 0.3) is 5.91 Å². The Bertz CT molecular complexity index is 709. The highest BCUT2D eigenvalue weighted by Gasteiger charge is 2.33. The molecule has 1 saturated heterocycles. The lowest BCUT2D eigenvalue weighted by Gasteiger charge is -2.34. The van der Waals surface area contributed by atoms with E-state index >= 15 is 0 Å². The van der Waals surface area contributed by atoms with Gasteiger partial charge < -0.3 is 16.0 Å². The van der Waals surface area contributed by atoms with Crippen LogP contribution in [0.4, 0.5) is 0 Å². The molecule has 2 heterocycles. The minimum atomic E-state index is -0.411. The molecule has 2 unspecified atom stereocenters. The number of thiophene rings is 1. The number of nitrogens with one attached hydrogen (secondary N) is 1. The zero-order valence-corrected chi connectivity index (χ0v) is 16.1. The van der Waals surface area contributed by atoms with E-state index in [0.29, 0.717) is 24.4 Å². The van der Waals surface area contributed by atoms with Crippen LogP contribution in [0.2, 0.25) is 0 Å². The Hall–Kier alpha value is -1.89. The Morgan fingerprint density at radius 2 is 1.96 bits per heavy atom. The molecule has 1 aromatic carbocycles. The van der Waals surface area contributed by atoms with Crippen LogP contribution in [-0.2, 0) is 4.79 Å². The quantitative estimate of drug-likeness (QED) is 0.819. The molecule has 0 aliphatic carbocycles. The molecule has 5 nitrogen and oxygen atoms in total. The number of hydrogen-bond acceptors (Lipinski definition) is 4. The summed E-state index contributed by atoms with van der Waals surface area (Å²) in [5.41, 5.74) is 7.14. The number of likely N-dealkylation sites (tertiary alicyclic amines) is 1. The number of carbonyl (C=O) groups excluding carboxylic acids is 2. The fraction of sp³-hybridized carbons (Fsp3) is 0.368. The van der Waals surface area contributed by atoms with Gasteiger partial charge in [0, 0.05) is 19.1 Å². The van der Waals surface area contributed by atoms with Gasteiger partial charge in [0.15, 0.2) is 0 Å². The highest BCUT2D eigenvalue weighted by atomic mass is 35.5. The summed E-state index contributed by atoms with van der Waals surface area (Å²) < 4.78 is 0. The van der Waals surface area contributed by atoms with Gasteiger partial charge in [-0.25, -0.2) is 0 Å². The first-order valence-electron chi connectivity index (χ1n) is 8.59. The van der Waals surface area contributed by atoms with Crippen molar-refractivity contribution in [1.82, 2.24) is 10.2 Å². The van der Waals surface area contributed by atoms with Crippen LogP contribution < -0.4 is 11.1 Å². The van der Waals surface area contributed by atoms with E-state index in [4.69, 9.17) is 5.73 Å². The standard InChI is InChI=1S/C19H23N3O2S.ClH/c20-15(14-7-2-1-3-8-14)13-21-18(23)16-9-4-5-11-22(16)19(24)17-10-6-12-25-17;/h1-3,6-8,10,12,15-16H,4-5,9,11,13,20H2,(H,21,23);1H. The number of nitrogens with two attached hydrogens (primary N) is 1. The fourth-order valence-electron chi connectivity index (χ4n) is 3.14. The predicted octanol–water partition coefficient (Wildman–Crippen LogP) is 2.98. The summed E-state index contributed by atoms with van der Waals surface area (Å²) in [5, 5.41) is 4.81. The van der Waals surface area contributed by atoms with Gasteiger partial charge in [-0.2, -0.15) is 0 Å². The Balaban J connectivity index is 0.00000243. The van der Waals surface area contributed by atoms with Crippen LogP contribution in [0.1, 0.15) is 40.5 Å². The van der Waals surface area contributed by atoms with E-state index in [-0.39, 0.29) is 30.3 Å². The first-order chi connectivity index (χ1) is 12.2. The van der Waals surface area contributed by atoms with E-state index in [1.54, 1.807) is 4.90 Å². The molecule has 0 radical (unpaired) electrons. The number of rotatable bonds is 5. The molecule has 7 heteroatoms. The summed E-state index contributed by atoms with van der Waals surface area (Å²) in [4.78, 5) is 27.7. The molecule has 2 atom stereocenters. The lowest BCUT2D eigenvalue weighted by Crippen LogP contribution is -2.52. The molecule has 3 N–H and O–H groups in total. The summed E-state index contributed by atoms with van der Waals surface area (Å²) in [7, 11) is 0. The number of piperidine rings is 1. The molecule has 3 rings (SSSR count). The summed E-state index contributed by atoms with van der Waals surface area (Å²) in [6.07, 6.45) is 2.59. The molecule has 0 bridgehead atoms. The molecule has 2 amide bonds.